The van der Waals surface area contributed by atoms with Crippen LogP contribution in [0.1, 0.15) is 22.4 Å². The summed E-state index contributed by atoms with van der Waals surface area (Å²) < 4.78 is 4.15. The van der Waals surface area contributed by atoms with Crippen LogP contribution in [-0.2, 0) is 5.41 Å². The van der Waals surface area contributed by atoms with Crippen LogP contribution in [0.15, 0.2) is 97.7 Å². The maximum atomic E-state index is 4.43. The summed E-state index contributed by atoms with van der Waals surface area (Å²) in [5.41, 5.74) is 9.39. The zero-order valence-corrected chi connectivity index (χ0v) is 18.5. The maximum absolute atomic E-state index is 4.43. The number of aromatic amines is 1. The van der Waals surface area contributed by atoms with Crippen LogP contribution in [0.3, 0.4) is 0 Å². The third kappa shape index (κ3) is 2.37. The van der Waals surface area contributed by atoms with E-state index in [0.29, 0.717) is 0 Å². The molecule has 0 bridgehead atoms. The van der Waals surface area contributed by atoms with Crippen LogP contribution in [0.5, 0.6) is 0 Å². The Morgan fingerprint density at radius 1 is 0.794 bits per heavy atom. The molecule has 1 aliphatic heterocycles. The molecule has 1 aliphatic carbocycles. The first-order valence-electron chi connectivity index (χ1n) is 11.2. The minimum absolute atomic E-state index is 0.561. The quantitative estimate of drug-likeness (QED) is 0.400. The lowest BCUT2D eigenvalue weighted by molar-refractivity contribution is -0.394. The molecule has 160 valence electrons. The van der Waals surface area contributed by atoms with Crippen LogP contribution in [-0.4, -0.2) is 37.8 Å². The van der Waals surface area contributed by atoms with E-state index in [9.17, 15) is 0 Å². The molecule has 34 heavy (non-hydrogen) atoms. The lowest BCUT2D eigenvalue weighted by atomic mass is 9.70. The van der Waals surface area contributed by atoms with Crippen LogP contribution in [0.4, 0.5) is 17.1 Å². The molecule has 1 N–H and O–H groups in total. The van der Waals surface area contributed by atoms with Crippen LogP contribution >= 0.6 is 0 Å². The van der Waals surface area contributed by atoms with E-state index >= 15 is 0 Å². The highest BCUT2D eigenvalue weighted by atomic mass is 15.2. The van der Waals surface area contributed by atoms with E-state index in [-0.39, 0.29) is 0 Å². The molecule has 2 aliphatic rings. The number of H-pyrrole nitrogens is 1. The Labute approximate surface area is 196 Å². The Hall–Kier alpha value is -4.67. The van der Waals surface area contributed by atoms with E-state index in [1.807, 2.05) is 42.6 Å². The van der Waals surface area contributed by atoms with Crippen molar-refractivity contribution in [3.63, 3.8) is 0 Å². The number of para-hydroxylation sites is 2. The molecule has 0 spiro atoms. The lowest BCUT2D eigenvalue weighted by Gasteiger charge is -2.31. The minimum atomic E-state index is -0.561. The number of aromatic nitrogens is 4. The van der Waals surface area contributed by atoms with Gasteiger partial charge in [-0.25, -0.2) is 0 Å². The first-order chi connectivity index (χ1) is 16.8. The molecule has 0 amide bonds. The standard InChI is InChI=1S/C28H20N6/c1-33-18-34(26-8-3-2-7-25(26)33)20-6-4-5-19(15-20)28(27-11-14-31-32-27)23-9-12-29-16-21(23)22-17-30-13-10-24(22)28/h2-17H,1H3,(H,31,32)/q+2. The molecule has 7 rings (SSSR count). The summed E-state index contributed by atoms with van der Waals surface area (Å²) >= 11 is 0. The molecule has 0 saturated heterocycles. The average Bonchev–Trinajstić information content (AvgIpc) is 3.61. The van der Waals surface area contributed by atoms with Crippen molar-refractivity contribution >= 4 is 23.1 Å². The second-order valence-electron chi connectivity index (χ2n) is 8.60. The second-order valence-corrected chi connectivity index (χ2v) is 8.60. The molecule has 3 aromatic heterocycles. The number of fused-ring (bicyclic) bond motifs is 4. The first-order valence-corrected chi connectivity index (χ1v) is 11.2. The normalized spacial score (nSPS) is 14.7. The SMILES string of the molecule is C[N+]1=C=[N+](c2cccc(C3(c4ccn[nH]4)c4ccncc4-c4cnccc43)c2)c2ccccc21. The number of nitrogens with one attached hydrogen (secondary N) is 1. The highest BCUT2D eigenvalue weighted by molar-refractivity contribution is 5.85. The highest BCUT2D eigenvalue weighted by Gasteiger charge is 2.48. The van der Waals surface area contributed by atoms with Gasteiger partial charge in [0.2, 0.25) is 5.69 Å². The van der Waals surface area contributed by atoms with Crippen LogP contribution < -0.4 is 4.58 Å². The van der Waals surface area contributed by atoms with Crippen molar-refractivity contribution in [2.24, 2.45) is 0 Å². The monoisotopic (exact) mass is 440 g/mol. The van der Waals surface area contributed by atoms with E-state index in [2.05, 4.69) is 97.5 Å². The molecule has 0 fully saturated rings. The molecular weight excluding hydrogens is 420 g/mol. The van der Waals surface area contributed by atoms with Gasteiger partial charge in [-0.2, -0.15) is 5.10 Å². The third-order valence-electron chi connectivity index (χ3n) is 6.92. The van der Waals surface area contributed by atoms with Gasteiger partial charge < -0.3 is 0 Å². The van der Waals surface area contributed by atoms with Crippen molar-refractivity contribution < 1.29 is 4.58 Å². The van der Waals surface area contributed by atoms with Gasteiger partial charge >= 0.3 is 6.01 Å². The summed E-state index contributed by atoms with van der Waals surface area (Å²) in [4.78, 5) is 8.86. The van der Waals surface area contributed by atoms with Crippen molar-refractivity contribution in [3.05, 3.63) is 120 Å². The number of benzene rings is 2. The van der Waals surface area contributed by atoms with E-state index < -0.39 is 5.41 Å². The van der Waals surface area contributed by atoms with Crippen molar-refractivity contribution in [1.82, 2.24) is 24.7 Å². The fraction of sp³-hybridized carbons (Fsp3) is 0.0714. The predicted molar refractivity (Wildman–Crippen MR) is 130 cm³/mol. The largest absolute Gasteiger partial charge is 0.496 e. The Bertz CT molecular complexity index is 1610. The van der Waals surface area contributed by atoms with Crippen molar-refractivity contribution in [2.75, 3.05) is 7.05 Å². The smallest absolute Gasteiger partial charge is 0.281 e. The number of hydrogen-bond acceptors (Lipinski definition) is 3. The van der Waals surface area contributed by atoms with Gasteiger partial charge in [-0.1, -0.05) is 28.8 Å². The van der Waals surface area contributed by atoms with Crippen molar-refractivity contribution in [3.8, 4) is 11.1 Å². The second kappa shape index (κ2) is 6.91. The third-order valence-corrected chi connectivity index (χ3v) is 6.92. The molecule has 0 atom stereocenters. The zero-order chi connectivity index (χ0) is 22.7. The number of hydrogen-bond donors (Lipinski definition) is 1. The van der Waals surface area contributed by atoms with E-state index in [0.717, 1.165) is 39.4 Å². The summed E-state index contributed by atoms with van der Waals surface area (Å²) in [7, 11) is 2.03. The molecule has 6 nitrogen and oxygen atoms in total. The Morgan fingerprint density at radius 2 is 1.53 bits per heavy atom. The van der Waals surface area contributed by atoms with Gasteiger partial charge in [-0.3, -0.25) is 15.1 Å². The van der Waals surface area contributed by atoms with Gasteiger partial charge in [0.05, 0.1) is 11.1 Å². The summed E-state index contributed by atoms with van der Waals surface area (Å²) in [6.45, 7) is 0. The summed E-state index contributed by atoms with van der Waals surface area (Å²) in [6, 6.07) is 26.8. The average molecular weight is 441 g/mol. The fourth-order valence-electron chi connectivity index (χ4n) is 5.51. The molecule has 0 unspecified atom stereocenters. The Morgan fingerprint density at radius 3 is 2.24 bits per heavy atom. The fourth-order valence-corrected chi connectivity index (χ4v) is 5.51. The van der Waals surface area contributed by atoms with Gasteiger partial charge in [0.1, 0.15) is 0 Å². The lowest BCUT2D eigenvalue weighted by Crippen LogP contribution is -2.29. The molecule has 6 heteroatoms. The maximum Gasteiger partial charge on any atom is 0.496 e. The van der Waals surface area contributed by atoms with E-state index in [1.54, 1.807) is 0 Å². The number of pyridine rings is 2. The van der Waals surface area contributed by atoms with Crippen LogP contribution in [0.2, 0.25) is 0 Å². The predicted octanol–water partition coefficient (Wildman–Crippen LogP) is 4.86. The minimum Gasteiger partial charge on any atom is -0.281 e. The van der Waals surface area contributed by atoms with Crippen LogP contribution in [0, 0.1) is 0 Å². The molecular formula is C28H20N6+2. The first kappa shape index (κ1) is 18.9. The molecule has 2 aromatic carbocycles. The van der Waals surface area contributed by atoms with Crippen molar-refractivity contribution in [2.45, 2.75) is 5.41 Å². The number of rotatable bonds is 3. The summed E-state index contributed by atoms with van der Waals surface area (Å²) in [6.07, 6.45) is 9.41. The summed E-state index contributed by atoms with van der Waals surface area (Å²) in [5.74, 6) is 0. The Kier molecular flexibility index (Phi) is 3.83. The van der Waals surface area contributed by atoms with E-state index in [4.69, 9.17) is 0 Å². The molecule has 5 aromatic rings. The highest BCUT2D eigenvalue weighted by Crippen LogP contribution is 2.55. The van der Waals surface area contributed by atoms with Gasteiger partial charge in [0, 0.05) is 66.4 Å². The topological polar surface area (TPSA) is 60.5 Å². The van der Waals surface area contributed by atoms with Crippen LogP contribution in [0.25, 0.3) is 11.1 Å². The van der Waals surface area contributed by atoms with Gasteiger partial charge in [-0.15, -0.1) is 0 Å². The van der Waals surface area contributed by atoms with E-state index in [1.165, 1.54) is 11.1 Å². The van der Waals surface area contributed by atoms with Crippen molar-refractivity contribution in [1.29, 1.82) is 0 Å². The molecule has 4 heterocycles. The van der Waals surface area contributed by atoms with Gasteiger partial charge in [0.25, 0.3) is 11.4 Å². The molecule has 0 radical (unpaired) electrons. The zero-order valence-electron chi connectivity index (χ0n) is 18.5. The van der Waals surface area contributed by atoms with Gasteiger partial charge in [-0.05, 0) is 39.5 Å². The molecule has 0 saturated carbocycles. The van der Waals surface area contributed by atoms with Gasteiger partial charge in [0.15, 0.2) is 7.05 Å². The number of nitrogens with zero attached hydrogens (tertiary/aromatic N) is 5. The summed E-state index contributed by atoms with van der Waals surface area (Å²) in [5, 5.41) is 7.62. The Balaban J connectivity index is 1.54.